The average Bonchev–Trinajstić information content (AvgIpc) is 2.75. The Bertz CT molecular complexity index is 962. The topological polar surface area (TPSA) is 66.9 Å². The maximum Gasteiger partial charge on any atom is 0.227 e. The van der Waals surface area contributed by atoms with Gasteiger partial charge in [0.15, 0.2) is 0 Å². The normalized spacial score (nSPS) is 18.8. The van der Waals surface area contributed by atoms with E-state index in [0.717, 1.165) is 30.5 Å². The molecule has 2 N–H and O–H groups in total. The largest absolute Gasteiger partial charge is 0.366 e. The maximum absolute atomic E-state index is 13.3. The summed E-state index contributed by atoms with van der Waals surface area (Å²) in [5.74, 6) is 0.179. The van der Waals surface area contributed by atoms with Crippen molar-refractivity contribution in [2.45, 2.75) is 31.7 Å². The van der Waals surface area contributed by atoms with Crippen molar-refractivity contribution < 1.29 is 9.18 Å². The Balaban J connectivity index is 1.35. The number of hydrogen-bond acceptors (Lipinski definition) is 4. The van der Waals surface area contributed by atoms with Crippen LogP contribution in [0.4, 0.5) is 15.9 Å². The van der Waals surface area contributed by atoms with Crippen LogP contribution in [0.2, 0.25) is 0 Å². The summed E-state index contributed by atoms with van der Waals surface area (Å²) in [7, 11) is 0. The number of benzene rings is 2. The van der Waals surface area contributed by atoms with E-state index in [9.17, 15) is 9.18 Å². The molecule has 5 nitrogen and oxygen atoms in total. The van der Waals surface area contributed by atoms with E-state index in [1.54, 1.807) is 12.1 Å². The summed E-state index contributed by atoms with van der Waals surface area (Å²) in [5, 5.41) is 14.8. The number of halogens is 1. The van der Waals surface area contributed by atoms with Gasteiger partial charge in [0.2, 0.25) is 5.91 Å². The zero-order chi connectivity index (χ0) is 20.1. The monoisotopic (exact) mass is 390 g/mol. The second-order valence-corrected chi connectivity index (χ2v) is 7.37. The molecule has 0 aliphatic heterocycles. The van der Waals surface area contributed by atoms with E-state index >= 15 is 0 Å². The van der Waals surface area contributed by atoms with Gasteiger partial charge in [0.05, 0.1) is 5.69 Å². The third-order valence-electron chi connectivity index (χ3n) is 5.22. The summed E-state index contributed by atoms with van der Waals surface area (Å²) in [6.07, 6.45) is 3.47. The van der Waals surface area contributed by atoms with E-state index < -0.39 is 0 Å². The molecule has 29 heavy (non-hydrogen) atoms. The summed E-state index contributed by atoms with van der Waals surface area (Å²) in [6, 6.07) is 19.9. The highest BCUT2D eigenvalue weighted by Crippen LogP contribution is 2.28. The van der Waals surface area contributed by atoms with Gasteiger partial charge in [-0.05, 0) is 49.6 Å². The molecule has 6 heteroatoms. The fraction of sp³-hybridized carbons (Fsp3) is 0.261. The van der Waals surface area contributed by atoms with Gasteiger partial charge in [-0.25, -0.2) is 4.39 Å². The number of carbonyl (C=O) groups is 1. The average molecular weight is 390 g/mol. The van der Waals surface area contributed by atoms with Crippen LogP contribution < -0.4 is 10.6 Å². The molecule has 4 rings (SSSR count). The smallest absolute Gasteiger partial charge is 0.227 e. The van der Waals surface area contributed by atoms with E-state index in [-0.39, 0.29) is 23.7 Å². The van der Waals surface area contributed by atoms with Gasteiger partial charge in [0.25, 0.3) is 0 Å². The molecule has 1 amide bonds. The maximum atomic E-state index is 13.3. The van der Waals surface area contributed by atoms with Crippen LogP contribution in [0.15, 0.2) is 66.7 Å². The molecule has 0 saturated heterocycles. The van der Waals surface area contributed by atoms with Gasteiger partial charge in [0.1, 0.15) is 11.6 Å². The number of carbonyl (C=O) groups excluding carboxylic acids is 1. The highest BCUT2D eigenvalue weighted by Gasteiger charge is 2.27. The summed E-state index contributed by atoms with van der Waals surface area (Å²) >= 11 is 0. The van der Waals surface area contributed by atoms with Gasteiger partial charge in [-0.1, -0.05) is 42.8 Å². The first kappa shape index (κ1) is 19.1. The lowest BCUT2D eigenvalue weighted by atomic mass is 9.85. The predicted octanol–water partition coefficient (Wildman–Crippen LogP) is 4.89. The summed E-state index contributed by atoms with van der Waals surface area (Å²) in [4.78, 5) is 12.6. The second kappa shape index (κ2) is 8.82. The van der Waals surface area contributed by atoms with E-state index in [4.69, 9.17) is 0 Å². The van der Waals surface area contributed by atoms with Crippen molar-refractivity contribution in [2.75, 3.05) is 10.6 Å². The molecular formula is C23H23FN4O. The lowest BCUT2D eigenvalue weighted by Crippen LogP contribution is -2.34. The van der Waals surface area contributed by atoms with E-state index in [1.165, 1.54) is 12.1 Å². The fourth-order valence-corrected chi connectivity index (χ4v) is 3.75. The molecule has 3 aromatic rings. The lowest BCUT2D eigenvalue weighted by molar-refractivity contribution is -0.120. The van der Waals surface area contributed by atoms with Crippen molar-refractivity contribution in [1.29, 1.82) is 0 Å². The molecule has 0 spiro atoms. The minimum absolute atomic E-state index is 0.0624. The first-order valence-electron chi connectivity index (χ1n) is 9.89. The van der Waals surface area contributed by atoms with Gasteiger partial charge in [-0.3, -0.25) is 4.79 Å². The Kier molecular flexibility index (Phi) is 5.79. The van der Waals surface area contributed by atoms with Gasteiger partial charge in [-0.15, -0.1) is 10.2 Å². The van der Waals surface area contributed by atoms with Gasteiger partial charge < -0.3 is 10.6 Å². The Labute approximate surface area is 169 Å². The SMILES string of the molecule is O=C(Nc1cccc(F)c1)C1CCCC(Nc2ccc(-c3ccccc3)nn2)C1. The first-order chi connectivity index (χ1) is 14.2. The van der Waals surface area contributed by atoms with Crippen molar-refractivity contribution in [2.24, 2.45) is 5.92 Å². The fourth-order valence-electron chi connectivity index (χ4n) is 3.75. The van der Waals surface area contributed by atoms with Crippen molar-refractivity contribution in [3.8, 4) is 11.3 Å². The molecule has 1 fully saturated rings. The van der Waals surface area contributed by atoms with E-state index in [2.05, 4.69) is 20.8 Å². The van der Waals surface area contributed by atoms with Crippen LogP contribution in [0.25, 0.3) is 11.3 Å². The van der Waals surface area contributed by atoms with E-state index in [1.807, 2.05) is 42.5 Å². The van der Waals surface area contributed by atoms with Crippen LogP contribution in [0.3, 0.4) is 0 Å². The molecular weight excluding hydrogens is 367 g/mol. The molecule has 1 aliphatic rings. The predicted molar refractivity (Wildman–Crippen MR) is 112 cm³/mol. The standard InChI is InChI=1S/C23H23FN4O/c24-18-9-5-11-20(15-18)26-23(29)17-8-4-10-19(14-17)25-22-13-12-21(27-28-22)16-6-2-1-3-7-16/h1-3,5-7,9,11-13,15,17,19H,4,8,10,14H2,(H,25,28)(H,26,29). The lowest BCUT2D eigenvalue weighted by Gasteiger charge is -2.29. The molecule has 2 aromatic carbocycles. The first-order valence-corrected chi connectivity index (χ1v) is 9.89. The van der Waals surface area contributed by atoms with Crippen molar-refractivity contribution in [3.05, 3.63) is 72.5 Å². The number of nitrogens with zero attached hydrogens (tertiary/aromatic N) is 2. The summed E-state index contributed by atoms with van der Waals surface area (Å²) in [6.45, 7) is 0. The molecule has 0 radical (unpaired) electrons. The number of aromatic nitrogens is 2. The van der Waals surface area contributed by atoms with Crippen LogP contribution >= 0.6 is 0 Å². The molecule has 2 unspecified atom stereocenters. The van der Waals surface area contributed by atoms with Crippen LogP contribution in [-0.2, 0) is 4.79 Å². The van der Waals surface area contributed by atoms with Crippen LogP contribution in [0, 0.1) is 11.7 Å². The Morgan fingerprint density at radius 2 is 1.83 bits per heavy atom. The van der Waals surface area contributed by atoms with Crippen molar-refractivity contribution >= 4 is 17.4 Å². The number of amides is 1. The summed E-state index contributed by atoms with van der Waals surface area (Å²) in [5.41, 5.74) is 2.35. The molecule has 1 saturated carbocycles. The van der Waals surface area contributed by atoms with Crippen LogP contribution in [-0.4, -0.2) is 22.1 Å². The Hall–Kier alpha value is -3.28. The second-order valence-electron chi connectivity index (χ2n) is 7.37. The number of anilines is 2. The molecule has 148 valence electrons. The molecule has 1 aliphatic carbocycles. The van der Waals surface area contributed by atoms with Gasteiger partial charge in [-0.2, -0.15) is 0 Å². The number of hydrogen-bond donors (Lipinski definition) is 2. The van der Waals surface area contributed by atoms with E-state index in [0.29, 0.717) is 17.9 Å². The van der Waals surface area contributed by atoms with Gasteiger partial charge >= 0.3 is 0 Å². The minimum Gasteiger partial charge on any atom is -0.366 e. The quantitative estimate of drug-likeness (QED) is 0.651. The molecule has 0 bridgehead atoms. The Morgan fingerprint density at radius 3 is 2.59 bits per heavy atom. The van der Waals surface area contributed by atoms with Crippen LogP contribution in [0.5, 0.6) is 0 Å². The molecule has 1 aromatic heterocycles. The zero-order valence-electron chi connectivity index (χ0n) is 16.0. The van der Waals surface area contributed by atoms with Crippen LogP contribution in [0.1, 0.15) is 25.7 Å². The third-order valence-corrected chi connectivity index (χ3v) is 5.22. The Morgan fingerprint density at radius 1 is 0.966 bits per heavy atom. The minimum atomic E-state index is -0.358. The molecule has 1 heterocycles. The third kappa shape index (κ3) is 4.96. The highest BCUT2D eigenvalue weighted by molar-refractivity contribution is 5.92. The van der Waals surface area contributed by atoms with Crippen molar-refractivity contribution in [3.63, 3.8) is 0 Å². The number of nitrogens with one attached hydrogen (secondary N) is 2. The van der Waals surface area contributed by atoms with Crippen molar-refractivity contribution in [1.82, 2.24) is 10.2 Å². The molecule has 2 atom stereocenters. The van der Waals surface area contributed by atoms with Gasteiger partial charge in [0, 0.05) is 23.2 Å². The zero-order valence-corrected chi connectivity index (χ0v) is 16.0. The number of rotatable bonds is 5. The highest BCUT2D eigenvalue weighted by atomic mass is 19.1. The summed E-state index contributed by atoms with van der Waals surface area (Å²) < 4.78 is 13.3.